The van der Waals surface area contributed by atoms with Gasteiger partial charge in [0.2, 0.25) is 17.7 Å². The van der Waals surface area contributed by atoms with Gasteiger partial charge in [-0.05, 0) is 70.1 Å². The Hall–Kier alpha value is -3.28. The first kappa shape index (κ1) is 31.7. The van der Waals surface area contributed by atoms with Crippen LogP contribution in [0.4, 0.5) is 0 Å². The van der Waals surface area contributed by atoms with Crippen molar-refractivity contribution in [3.8, 4) is 5.75 Å². The van der Waals surface area contributed by atoms with Gasteiger partial charge in [0.05, 0.1) is 32.4 Å². The topological polar surface area (TPSA) is 150 Å². The number of allylic oxidation sites excluding steroid dienone is 1. The molecule has 0 radical (unpaired) electrons. The molecular weight excluding hydrogens is 540 g/mol. The Labute approximate surface area is 247 Å². The van der Waals surface area contributed by atoms with Crippen molar-refractivity contribution in [3.05, 3.63) is 41.0 Å². The van der Waals surface area contributed by atoms with E-state index in [4.69, 9.17) is 9.47 Å². The number of ether oxygens (including phenoxy) is 2. The third kappa shape index (κ3) is 8.86. The second kappa shape index (κ2) is 14.3. The van der Waals surface area contributed by atoms with E-state index in [0.717, 1.165) is 31.3 Å². The lowest BCUT2D eigenvalue weighted by atomic mass is 9.89. The highest BCUT2D eigenvalue weighted by Crippen LogP contribution is 2.31. The molecule has 3 amide bonds. The molecule has 11 nitrogen and oxygen atoms in total. The van der Waals surface area contributed by atoms with Gasteiger partial charge in [-0.1, -0.05) is 23.8 Å². The monoisotopic (exact) mass is 584 g/mol. The Kier molecular flexibility index (Phi) is 10.7. The van der Waals surface area contributed by atoms with Crippen LogP contribution in [-0.2, 0) is 35.1 Å². The van der Waals surface area contributed by atoms with Gasteiger partial charge in [0.1, 0.15) is 23.4 Å². The Bertz CT molecular complexity index is 1190. The van der Waals surface area contributed by atoms with Crippen LogP contribution in [0.15, 0.2) is 29.8 Å². The zero-order valence-corrected chi connectivity index (χ0v) is 24.9. The van der Waals surface area contributed by atoms with E-state index >= 15 is 0 Å². The number of amides is 3. The van der Waals surface area contributed by atoms with Crippen LogP contribution < -0.4 is 16.0 Å². The highest BCUT2D eigenvalue weighted by atomic mass is 16.6. The van der Waals surface area contributed by atoms with Crippen molar-refractivity contribution in [2.75, 3.05) is 39.5 Å². The van der Waals surface area contributed by atoms with Gasteiger partial charge >= 0.3 is 0 Å². The van der Waals surface area contributed by atoms with Crippen molar-refractivity contribution in [2.24, 2.45) is 0 Å². The molecule has 0 aromatic heterocycles. The maximum atomic E-state index is 13.7. The number of hydrogen-bond donors (Lipinski definition) is 4. The summed E-state index contributed by atoms with van der Waals surface area (Å²) >= 11 is 0. The molecule has 1 aromatic rings. The molecule has 2 aliphatic heterocycles. The molecule has 3 aliphatic rings. The molecule has 4 atom stereocenters. The first-order valence-corrected chi connectivity index (χ1v) is 14.9. The number of epoxide rings is 1. The zero-order chi connectivity index (χ0) is 30.3. The molecule has 230 valence electrons. The summed E-state index contributed by atoms with van der Waals surface area (Å²) < 4.78 is 10.7. The molecule has 1 aromatic carbocycles. The van der Waals surface area contributed by atoms with Gasteiger partial charge < -0.3 is 30.5 Å². The summed E-state index contributed by atoms with van der Waals surface area (Å²) in [4.78, 5) is 54.9. The van der Waals surface area contributed by atoms with E-state index < -0.39 is 35.5 Å². The summed E-state index contributed by atoms with van der Waals surface area (Å²) in [7, 11) is 0. The first-order chi connectivity index (χ1) is 20.0. The number of carbonyl (C=O) groups excluding carboxylic acids is 4. The molecule has 0 saturated carbocycles. The number of nitrogens with one attached hydrogen (secondary N) is 3. The zero-order valence-electron chi connectivity index (χ0n) is 24.9. The summed E-state index contributed by atoms with van der Waals surface area (Å²) in [6.45, 7) is 7.90. The van der Waals surface area contributed by atoms with Crippen LogP contribution in [-0.4, -0.2) is 96.7 Å². The number of aryl methyl sites for hydroxylation is 1. The predicted octanol–water partition coefficient (Wildman–Crippen LogP) is 1.30. The Morgan fingerprint density at radius 3 is 2.38 bits per heavy atom. The Balaban J connectivity index is 1.46. The van der Waals surface area contributed by atoms with Crippen molar-refractivity contribution >= 4 is 23.5 Å². The van der Waals surface area contributed by atoms with E-state index in [-0.39, 0.29) is 30.4 Å². The number of hydrogen-bond acceptors (Lipinski definition) is 8. The Morgan fingerprint density at radius 2 is 1.74 bits per heavy atom. The lowest BCUT2D eigenvalue weighted by Crippen LogP contribution is -2.57. The van der Waals surface area contributed by atoms with E-state index in [1.165, 1.54) is 0 Å². The van der Waals surface area contributed by atoms with Crippen LogP contribution in [0.25, 0.3) is 0 Å². The maximum absolute atomic E-state index is 13.7. The van der Waals surface area contributed by atoms with Crippen molar-refractivity contribution in [2.45, 2.75) is 83.0 Å². The first-order valence-electron chi connectivity index (χ1n) is 14.9. The van der Waals surface area contributed by atoms with Crippen molar-refractivity contribution < 1.29 is 33.8 Å². The fraction of sp³-hybridized carbons (Fsp3) is 0.613. The maximum Gasteiger partial charge on any atom is 0.243 e. The van der Waals surface area contributed by atoms with Gasteiger partial charge in [0.15, 0.2) is 5.78 Å². The molecule has 42 heavy (non-hydrogen) atoms. The molecule has 0 unspecified atom stereocenters. The van der Waals surface area contributed by atoms with Crippen LogP contribution >= 0.6 is 0 Å². The molecule has 0 spiro atoms. The largest absolute Gasteiger partial charge is 0.508 e. The highest BCUT2D eigenvalue weighted by molar-refractivity contribution is 5.98. The minimum absolute atomic E-state index is 0.0806. The van der Waals surface area contributed by atoms with Crippen molar-refractivity contribution in [1.82, 2.24) is 20.9 Å². The second-order valence-corrected chi connectivity index (χ2v) is 11.8. The fourth-order valence-electron chi connectivity index (χ4n) is 5.29. The van der Waals surface area contributed by atoms with Gasteiger partial charge in [-0.3, -0.25) is 24.1 Å². The minimum Gasteiger partial charge on any atom is -0.508 e. The molecule has 11 heteroatoms. The van der Waals surface area contributed by atoms with Crippen molar-refractivity contribution in [3.63, 3.8) is 0 Å². The van der Waals surface area contributed by atoms with Gasteiger partial charge in [-0.15, -0.1) is 0 Å². The van der Waals surface area contributed by atoms with Crippen LogP contribution in [0.3, 0.4) is 0 Å². The second-order valence-electron chi connectivity index (χ2n) is 11.8. The molecule has 2 heterocycles. The number of nitrogens with zero attached hydrogens (tertiary/aromatic N) is 1. The molecule has 0 bridgehead atoms. The van der Waals surface area contributed by atoms with E-state index in [2.05, 4.69) is 22.0 Å². The third-order valence-electron chi connectivity index (χ3n) is 8.17. The lowest BCUT2D eigenvalue weighted by Gasteiger charge is -2.27. The fourth-order valence-corrected chi connectivity index (χ4v) is 5.29. The summed E-state index contributed by atoms with van der Waals surface area (Å²) in [5, 5.41) is 18.6. The standard InChI is InChI=1S/C31H44N4O7/c1-20-9-10-23(17-26(20)36)16-25(34-29(39)21(2)32-27(37)18-35-11-13-41-14-12-35)30(40)33-24(28(38)31(3)19-42-31)15-22-7-5-4-6-8-22/h7,9-10,17,21,24-25,36H,4-6,8,11-16,18-19H2,1-3H3,(H,32,37)(H,33,40)(H,34,39)/t21-,24-,25-,31+/m0/s1. The highest BCUT2D eigenvalue weighted by Gasteiger charge is 2.50. The minimum atomic E-state index is -1.05. The quantitative estimate of drug-likeness (QED) is 0.200. The number of rotatable bonds is 13. The van der Waals surface area contributed by atoms with E-state index in [9.17, 15) is 24.3 Å². The molecule has 4 N–H and O–H groups in total. The van der Waals surface area contributed by atoms with Gasteiger partial charge in [0.25, 0.3) is 0 Å². The molecular formula is C31H44N4O7. The SMILES string of the molecule is Cc1ccc(C[C@H](NC(=O)[C@H](C)NC(=O)CN2CCOCC2)C(=O)N[C@@H](CC2=CCCCC2)C(=O)[C@@]2(C)CO2)cc1O. The predicted molar refractivity (Wildman–Crippen MR) is 156 cm³/mol. The van der Waals surface area contributed by atoms with Crippen LogP contribution in [0.2, 0.25) is 0 Å². The van der Waals surface area contributed by atoms with Crippen LogP contribution in [0, 0.1) is 6.92 Å². The summed E-state index contributed by atoms with van der Waals surface area (Å²) in [5.41, 5.74) is 1.53. The molecule has 4 rings (SSSR count). The number of Topliss-reactive ketones (excluding diaryl/α,β-unsaturated/α-hetero) is 1. The molecule has 2 fully saturated rings. The number of phenols is 1. The number of carbonyl (C=O) groups is 4. The summed E-state index contributed by atoms with van der Waals surface area (Å²) in [6.07, 6.45) is 6.58. The smallest absolute Gasteiger partial charge is 0.243 e. The van der Waals surface area contributed by atoms with Crippen molar-refractivity contribution in [1.29, 1.82) is 0 Å². The molecule has 2 saturated heterocycles. The van der Waals surface area contributed by atoms with E-state index in [1.54, 1.807) is 39.0 Å². The summed E-state index contributed by atoms with van der Waals surface area (Å²) in [6, 6.07) is 2.33. The van der Waals surface area contributed by atoms with E-state index in [1.807, 2.05) is 4.90 Å². The number of benzene rings is 1. The van der Waals surface area contributed by atoms with Crippen LogP contribution in [0.1, 0.15) is 57.1 Å². The third-order valence-corrected chi connectivity index (χ3v) is 8.17. The average molecular weight is 585 g/mol. The normalized spacial score (nSPS) is 22.7. The van der Waals surface area contributed by atoms with Gasteiger partial charge in [-0.2, -0.15) is 0 Å². The lowest BCUT2D eigenvalue weighted by molar-refractivity contribution is -0.134. The number of aromatic hydroxyl groups is 1. The average Bonchev–Trinajstić information content (AvgIpc) is 3.73. The number of morpholine rings is 1. The number of ketones is 1. The van der Waals surface area contributed by atoms with E-state index in [0.29, 0.717) is 50.5 Å². The van der Waals surface area contributed by atoms with Gasteiger partial charge in [-0.25, -0.2) is 0 Å². The summed E-state index contributed by atoms with van der Waals surface area (Å²) in [5.74, 6) is -1.46. The molecule has 1 aliphatic carbocycles. The van der Waals surface area contributed by atoms with Crippen LogP contribution in [0.5, 0.6) is 5.75 Å². The number of phenolic OH excluding ortho intramolecular Hbond substituents is 1. The van der Waals surface area contributed by atoms with Gasteiger partial charge in [0, 0.05) is 19.5 Å². The Morgan fingerprint density at radius 1 is 1.02 bits per heavy atom.